The Morgan fingerprint density at radius 2 is 1.97 bits per heavy atom. The van der Waals surface area contributed by atoms with E-state index in [1.54, 1.807) is 6.92 Å². The fourth-order valence-corrected chi connectivity index (χ4v) is 4.94. The number of aromatic nitrogens is 3. The third-order valence-electron chi connectivity index (χ3n) is 5.11. The van der Waals surface area contributed by atoms with Crippen LogP contribution in [0.1, 0.15) is 31.1 Å². The highest BCUT2D eigenvalue weighted by Crippen LogP contribution is 2.36. The van der Waals surface area contributed by atoms with Crippen LogP contribution in [0.5, 0.6) is 0 Å². The molecule has 0 spiro atoms. The van der Waals surface area contributed by atoms with Gasteiger partial charge in [0.2, 0.25) is 5.89 Å². The lowest BCUT2D eigenvalue weighted by Gasteiger charge is -2.22. The number of benzene rings is 1. The molecule has 8 nitrogen and oxygen atoms in total. The number of aryl methyl sites for hydroxylation is 1. The maximum atomic E-state index is 13.3. The number of thiophene rings is 1. The van der Waals surface area contributed by atoms with Gasteiger partial charge in [0.25, 0.3) is 5.56 Å². The quantitative estimate of drug-likeness (QED) is 0.423. The van der Waals surface area contributed by atoms with Crippen molar-refractivity contribution < 1.29 is 9.15 Å². The number of hydrogen-bond donors (Lipinski definition) is 0. The van der Waals surface area contributed by atoms with Gasteiger partial charge in [0.05, 0.1) is 35.2 Å². The van der Waals surface area contributed by atoms with Crippen LogP contribution in [-0.4, -0.2) is 20.2 Å². The molecule has 0 aliphatic heterocycles. The van der Waals surface area contributed by atoms with Crippen LogP contribution in [0.15, 0.2) is 56.8 Å². The summed E-state index contributed by atoms with van der Waals surface area (Å²) in [5.41, 5.74) is 0.548. The predicted octanol–water partition coefficient (Wildman–Crippen LogP) is 3.88. The maximum absolute atomic E-state index is 13.3. The highest BCUT2D eigenvalue weighted by molar-refractivity contribution is 7.22. The molecule has 4 rings (SSSR count). The molecule has 1 aromatic carbocycles. The van der Waals surface area contributed by atoms with E-state index in [-0.39, 0.29) is 19.2 Å². The number of nitriles is 1. The summed E-state index contributed by atoms with van der Waals surface area (Å²) in [6, 6.07) is 11.5. The van der Waals surface area contributed by atoms with E-state index in [1.807, 2.05) is 50.2 Å². The Bertz CT molecular complexity index is 1390. The summed E-state index contributed by atoms with van der Waals surface area (Å²) in [6.45, 7) is 5.51. The Balaban J connectivity index is 1.97. The molecule has 1 atom stereocenters. The summed E-state index contributed by atoms with van der Waals surface area (Å²) in [7, 11) is 0. The van der Waals surface area contributed by atoms with Crippen molar-refractivity contribution in [3.63, 3.8) is 0 Å². The molecule has 32 heavy (non-hydrogen) atoms. The van der Waals surface area contributed by atoms with E-state index < -0.39 is 17.4 Å². The van der Waals surface area contributed by atoms with Crippen LogP contribution in [0.25, 0.3) is 21.0 Å². The number of fused-ring (bicyclic) bond motifs is 1. The zero-order valence-electron chi connectivity index (χ0n) is 17.9. The fourth-order valence-electron chi connectivity index (χ4n) is 3.69. The van der Waals surface area contributed by atoms with Crippen LogP contribution < -0.4 is 11.2 Å². The number of nitrogens with zero attached hydrogens (tertiary/aromatic N) is 4. The minimum absolute atomic E-state index is 0.0793. The summed E-state index contributed by atoms with van der Waals surface area (Å²) in [5.74, 6) is 0.381. The van der Waals surface area contributed by atoms with Crippen molar-refractivity contribution in [2.24, 2.45) is 0 Å². The molecule has 3 heterocycles. The van der Waals surface area contributed by atoms with Gasteiger partial charge in [-0.05, 0) is 31.9 Å². The minimum Gasteiger partial charge on any atom is -0.444 e. The molecule has 9 heteroatoms. The summed E-state index contributed by atoms with van der Waals surface area (Å²) in [5, 5.41) is 9.61. The van der Waals surface area contributed by atoms with Crippen molar-refractivity contribution >= 4 is 21.6 Å². The van der Waals surface area contributed by atoms with E-state index in [4.69, 9.17) is 9.15 Å². The molecular weight excluding hydrogens is 428 g/mol. The highest BCUT2D eigenvalue weighted by atomic mass is 32.1. The van der Waals surface area contributed by atoms with Gasteiger partial charge in [0, 0.05) is 0 Å². The molecule has 0 fully saturated rings. The van der Waals surface area contributed by atoms with Crippen molar-refractivity contribution in [1.29, 1.82) is 5.26 Å². The minimum atomic E-state index is -0.544. The summed E-state index contributed by atoms with van der Waals surface area (Å²) < 4.78 is 14.1. The predicted molar refractivity (Wildman–Crippen MR) is 122 cm³/mol. The zero-order valence-corrected chi connectivity index (χ0v) is 18.8. The van der Waals surface area contributed by atoms with E-state index in [9.17, 15) is 14.9 Å². The lowest BCUT2D eigenvalue weighted by Crippen LogP contribution is -2.40. The lowest BCUT2D eigenvalue weighted by molar-refractivity contribution is -0.00336. The second-order valence-electron chi connectivity index (χ2n) is 7.60. The van der Waals surface area contributed by atoms with Gasteiger partial charge in [-0.25, -0.2) is 14.3 Å². The van der Waals surface area contributed by atoms with Crippen molar-refractivity contribution in [2.75, 3.05) is 0 Å². The van der Waals surface area contributed by atoms with Gasteiger partial charge in [-0.3, -0.25) is 9.36 Å². The molecule has 4 aromatic rings. The molecule has 0 aliphatic carbocycles. The molecule has 0 N–H and O–H groups in total. The van der Waals surface area contributed by atoms with Gasteiger partial charge in [-0.2, -0.15) is 5.26 Å². The Hall–Kier alpha value is -3.48. The number of rotatable bonds is 7. The van der Waals surface area contributed by atoms with Crippen molar-refractivity contribution in [3.05, 3.63) is 74.8 Å². The fraction of sp³-hybridized carbons (Fsp3) is 0.304. The van der Waals surface area contributed by atoms with E-state index in [2.05, 4.69) is 4.98 Å². The zero-order chi connectivity index (χ0) is 22.8. The monoisotopic (exact) mass is 450 g/mol. The first-order chi connectivity index (χ1) is 15.4. The smallest absolute Gasteiger partial charge is 0.333 e. The molecule has 0 bridgehead atoms. The van der Waals surface area contributed by atoms with Gasteiger partial charge >= 0.3 is 5.69 Å². The van der Waals surface area contributed by atoms with Gasteiger partial charge in [0.15, 0.2) is 0 Å². The second kappa shape index (κ2) is 8.94. The average molecular weight is 451 g/mol. The second-order valence-corrected chi connectivity index (χ2v) is 8.60. The number of ether oxygens (including phenoxy) is 1. The maximum Gasteiger partial charge on any atom is 0.333 e. The molecule has 0 aliphatic rings. The Morgan fingerprint density at radius 3 is 2.59 bits per heavy atom. The first kappa shape index (κ1) is 21.7. The molecule has 0 amide bonds. The molecule has 1 unspecified atom stereocenters. The number of oxazole rings is 1. The van der Waals surface area contributed by atoms with Crippen LogP contribution in [0, 0.1) is 18.3 Å². The Kier molecular flexibility index (Phi) is 6.08. The molecular formula is C23H22N4O4S. The molecule has 0 radical (unpaired) electrons. The molecule has 3 aromatic heterocycles. The van der Waals surface area contributed by atoms with Crippen LogP contribution in [-0.2, 0) is 17.8 Å². The molecule has 164 valence electrons. The summed E-state index contributed by atoms with van der Waals surface area (Å²) >= 11 is 1.27. The van der Waals surface area contributed by atoms with E-state index in [1.165, 1.54) is 28.4 Å². The highest BCUT2D eigenvalue weighted by Gasteiger charge is 2.25. The van der Waals surface area contributed by atoms with Gasteiger partial charge in [0.1, 0.15) is 23.7 Å². The third kappa shape index (κ3) is 3.90. The van der Waals surface area contributed by atoms with Gasteiger partial charge in [-0.15, -0.1) is 11.3 Å². The topological polar surface area (TPSA) is 103 Å². The standard InChI is InChI=1S/C23H22N4O4S/c1-14(2)31-17(16-7-5-4-6-8-16)13-27-22-18(21(28)26(11-9-24)23(27)29)15(3)19(32-22)20-25-10-12-30-20/h4-8,10,12,14,17H,11,13H2,1-3H3. The van der Waals surface area contributed by atoms with Crippen molar-refractivity contribution in [2.45, 2.75) is 46.1 Å². The first-order valence-corrected chi connectivity index (χ1v) is 11.0. The molecule has 0 saturated carbocycles. The van der Waals surface area contributed by atoms with Crippen molar-refractivity contribution in [3.8, 4) is 16.8 Å². The third-order valence-corrected chi connectivity index (χ3v) is 6.41. The normalized spacial score (nSPS) is 12.3. The van der Waals surface area contributed by atoms with Crippen LogP contribution in [0.3, 0.4) is 0 Å². The first-order valence-electron chi connectivity index (χ1n) is 10.2. The van der Waals surface area contributed by atoms with E-state index in [0.717, 1.165) is 10.1 Å². The van der Waals surface area contributed by atoms with Crippen LogP contribution in [0.2, 0.25) is 0 Å². The van der Waals surface area contributed by atoms with Crippen molar-refractivity contribution in [1.82, 2.24) is 14.1 Å². The number of hydrogen-bond acceptors (Lipinski definition) is 7. The van der Waals surface area contributed by atoms with Gasteiger partial charge < -0.3 is 9.15 Å². The summed E-state index contributed by atoms with van der Waals surface area (Å²) in [6.07, 6.45) is 2.49. The SMILES string of the molecule is Cc1c(-c2ncco2)sc2c1c(=O)n(CC#N)c(=O)n2CC(OC(C)C)c1ccccc1. The Labute approximate surface area is 187 Å². The average Bonchev–Trinajstić information content (AvgIpc) is 3.42. The Morgan fingerprint density at radius 1 is 1.22 bits per heavy atom. The van der Waals surface area contributed by atoms with E-state index >= 15 is 0 Å². The van der Waals surface area contributed by atoms with Gasteiger partial charge in [-0.1, -0.05) is 30.3 Å². The van der Waals surface area contributed by atoms with Crippen LogP contribution in [0.4, 0.5) is 0 Å². The van der Waals surface area contributed by atoms with E-state index in [0.29, 0.717) is 26.5 Å². The largest absolute Gasteiger partial charge is 0.444 e. The lowest BCUT2D eigenvalue weighted by atomic mass is 10.1. The van der Waals surface area contributed by atoms with Crippen LogP contribution >= 0.6 is 11.3 Å². The molecule has 0 saturated heterocycles. The summed E-state index contributed by atoms with van der Waals surface area (Å²) in [4.78, 5) is 31.9.